The number of amides is 2. The number of aliphatic hydroxyl groups is 1. The summed E-state index contributed by atoms with van der Waals surface area (Å²) in [4.78, 5) is 51.7. The highest BCUT2D eigenvalue weighted by atomic mass is 16.6. The maximum absolute atomic E-state index is 13.6. The van der Waals surface area contributed by atoms with Crippen molar-refractivity contribution in [1.82, 2.24) is 10.6 Å². The molecule has 0 aromatic heterocycles. The van der Waals surface area contributed by atoms with E-state index in [1.165, 1.54) is 0 Å². The minimum Gasteiger partial charge on any atom is -0.464 e. The van der Waals surface area contributed by atoms with Crippen LogP contribution in [0.5, 0.6) is 0 Å². The highest BCUT2D eigenvalue weighted by molar-refractivity contribution is 5.94. The van der Waals surface area contributed by atoms with Gasteiger partial charge >= 0.3 is 18.0 Å². The average molecular weight is 505 g/mol. The Labute approximate surface area is 211 Å². The Kier molecular flexibility index (Phi) is 8.08. The van der Waals surface area contributed by atoms with E-state index in [0.29, 0.717) is 0 Å². The highest BCUT2D eigenvalue weighted by Crippen LogP contribution is 2.63. The van der Waals surface area contributed by atoms with E-state index >= 15 is 0 Å². The molecule has 0 heterocycles. The van der Waals surface area contributed by atoms with E-state index in [4.69, 9.17) is 14.2 Å². The minimum atomic E-state index is -1.66. The van der Waals surface area contributed by atoms with Crippen LogP contribution < -0.4 is 10.6 Å². The number of nitrogens with one attached hydrogen (secondary N) is 2. The summed E-state index contributed by atoms with van der Waals surface area (Å²) in [6.07, 6.45) is -0.868. The molecule has 2 fully saturated rings. The third kappa shape index (κ3) is 5.87. The zero-order valence-corrected chi connectivity index (χ0v) is 21.0. The lowest BCUT2D eigenvalue weighted by molar-refractivity contribution is -0.156. The molecule has 2 saturated carbocycles. The number of hydrogen-bond donors (Lipinski definition) is 3. The lowest BCUT2D eigenvalue weighted by Gasteiger charge is -2.33. The molecule has 10 heteroatoms. The zero-order chi connectivity index (χ0) is 26.7. The fourth-order valence-corrected chi connectivity index (χ4v) is 5.00. The Hall–Kier alpha value is -3.40. The smallest absolute Gasteiger partial charge is 0.408 e. The summed E-state index contributed by atoms with van der Waals surface area (Å²) < 4.78 is 15.5. The summed E-state index contributed by atoms with van der Waals surface area (Å²) in [6, 6.07) is 7.92. The predicted molar refractivity (Wildman–Crippen MR) is 130 cm³/mol. The van der Waals surface area contributed by atoms with E-state index in [2.05, 4.69) is 17.2 Å². The van der Waals surface area contributed by atoms with E-state index in [-0.39, 0.29) is 20.9 Å². The molecule has 0 spiro atoms. The summed E-state index contributed by atoms with van der Waals surface area (Å²) in [5.74, 6) is -4.17. The van der Waals surface area contributed by atoms with Gasteiger partial charge in [-0.1, -0.05) is 36.9 Å². The van der Waals surface area contributed by atoms with Gasteiger partial charge in [-0.15, -0.1) is 0 Å². The van der Waals surface area contributed by atoms with Crippen LogP contribution in [0.25, 0.3) is 0 Å². The van der Waals surface area contributed by atoms with Crippen molar-refractivity contribution < 1.29 is 39.9 Å². The van der Waals surface area contributed by atoms with E-state index < -0.39 is 65.0 Å². The van der Waals surface area contributed by atoms with Crippen molar-refractivity contribution in [2.45, 2.75) is 63.8 Å². The monoisotopic (exact) mass is 504 g/mol. The normalized spacial score (nSPS) is 27.1. The topological polar surface area (TPSA) is 140 Å². The molecule has 10 nitrogen and oxygen atoms in total. The molecule has 198 valence electrons. The van der Waals surface area contributed by atoms with E-state index in [0.717, 1.165) is 11.8 Å². The summed E-state index contributed by atoms with van der Waals surface area (Å²) in [6.45, 7) is 10.1. The summed E-state index contributed by atoms with van der Waals surface area (Å²) in [5, 5.41) is 16.0. The molecule has 1 aromatic rings. The second-order valence-electron chi connectivity index (χ2n) is 10.1. The maximum Gasteiger partial charge on any atom is 0.408 e. The van der Waals surface area contributed by atoms with Gasteiger partial charge in [-0.25, -0.2) is 9.59 Å². The number of hydrogen-bond acceptors (Lipinski definition) is 8. The van der Waals surface area contributed by atoms with Crippen molar-refractivity contribution in [3.05, 3.63) is 48.7 Å². The largest absolute Gasteiger partial charge is 0.464 e. The lowest BCUT2D eigenvalue weighted by Crippen LogP contribution is -2.62. The van der Waals surface area contributed by atoms with Crippen LogP contribution in [-0.2, 0) is 35.0 Å². The summed E-state index contributed by atoms with van der Waals surface area (Å²) in [5.41, 5.74) is -1.69. The number of ether oxygens (including phenoxy) is 3. The van der Waals surface area contributed by atoms with Crippen LogP contribution in [0.1, 0.15) is 41.1 Å². The fraction of sp³-hybridized carbons (Fsp3) is 0.538. The molecule has 0 radical (unpaired) electrons. The first kappa shape index (κ1) is 27.2. The van der Waals surface area contributed by atoms with Crippen molar-refractivity contribution in [3.8, 4) is 0 Å². The Morgan fingerprint density at radius 3 is 2.50 bits per heavy atom. The number of carbonyl (C=O) groups is 4. The van der Waals surface area contributed by atoms with Gasteiger partial charge in [0.2, 0.25) is 5.91 Å². The highest BCUT2D eigenvalue weighted by Gasteiger charge is 2.76. The molecular weight excluding hydrogens is 468 g/mol. The van der Waals surface area contributed by atoms with Gasteiger partial charge in [0.05, 0.1) is 24.9 Å². The van der Waals surface area contributed by atoms with E-state index in [1.807, 2.05) is 6.07 Å². The van der Waals surface area contributed by atoms with Crippen LogP contribution in [0, 0.1) is 17.8 Å². The molecule has 0 unspecified atom stereocenters. The SMILES string of the molecule is C=COC(=O)[C@H]1[C@H]2[C@@H]1[C@@](NC(=O)[C@H](Cc1ccccc1)NC(=O)OC(C)(C)C)(C(=O)OCC)C[C@@H]2O.[HH]. The molecule has 6 atom stereocenters. The van der Waals surface area contributed by atoms with E-state index in [1.54, 1.807) is 52.0 Å². The third-order valence-corrected chi connectivity index (χ3v) is 6.37. The number of rotatable bonds is 9. The Bertz CT molecular complexity index is 1010. The van der Waals surface area contributed by atoms with Crippen LogP contribution >= 0.6 is 0 Å². The predicted octanol–water partition coefficient (Wildman–Crippen LogP) is 2.10. The molecule has 3 N–H and O–H groups in total. The number of carbonyl (C=O) groups excluding carboxylic acids is 4. The number of esters is 2. The van der Waals surface area contributed by atoms with Crippen molar-refractivity contribution in [3.63, 3.8) is 0 Å². The molecule has 2 aliphatic rings. The quantitative estimate of drug-likeness (QED) is 0.264. The lowest BCUT2D eigenvalue weighted by atomic mass is 9.88. The molecule has 1 aromatic carbocycles. The van der Waals surface area contributed by atoms with Crippen molar-refractivity contribution >= 4 is 23.9 Å². The second kappa shape index (κ2) is 10.7. The molecule has 2 aliphatic carbocycles. The molecule has 0 aliphatic heterocycles. The van der Waals surface area contributed by atoms with Crippen LogP contribution in [-0.4, -0.2) is 58.9 Å². The van der Waals surface area contributed by atoms with Gasteiger partial charge < -0.3 is 30.0 Å². The molecule has 2 amide bonds. The summed E-state index contributed by atoms with van der Waals surface area (Å²) in [7, 11) is 0. The third-order valence-electron chi connectivity index (χ3n) is 6.37. The minimum absolute atomic E-state index is 0. The fourth-order valence-electron chi connectivity index (χ4n) is 5.00. The van der Waals surface area contributed by atoms with Gasteiger partial charge in [0.15, 0.2) is 0 Å². The van der Waals surface area contributed by atoms with Gasteiger partial charge in [-0.3, -0.25) is 9.59 Å². The van der Waals surface area contributed by atoms with Gasteiger partial charge in [0.25, 0.3) is 0 Å². The zero-order valence-electron chi connectivity index (χ0n) is 21.0. The van der Waals surface area contributed by atoms with Crippen molar-refractivity contribution in [2.75, 3.05) is 6.61 Å². The Balaban J connectivity index is 0.00000481. The Morgan fingerprint density at radius 2 is 1.92 bits per heavy atom. The molecule has 0 bridgehead atoms. The molecule has 3 rings (SSSR count). The van der Waals surface area contributed by atoms with Crippen LogP contribution in [0.3, 0.4) is 0 Å². The molecule has 36 heavy (non-hydrogen) atoms. The summed E-state index contributed by atoms with van der Waals surface area (Å²) >= 11 is 0. The first-order valence-electron chi connectivity index (χ1n) is 12.0. The number of aliphatic hydroxyl groups excluding tert-OH is 1. The van der Waals surface area contributed by atoms with E-state index in [9.17, 15) is 24.3 Å². The standard InChI is InChI=1S/C26H34N2O8.H2/c1-6-34-22(31)19-18-17(29)14-26(20(18)19,23(32)35-7-2)28-21(30)16(13-15-11-9-8-10-12-15)27-24(33)36-25(3,4)5;/h6,8-12,16-20,29H,1,7,13-14H2,2-5H3,(H,27,33)(H,28,30);1H/t16-,17-,18-,19-,20-,26+;/m0./s1. The number of alkyl carbamates (subject to hydrolysis) is 1. The number of benzene rings is 1. The first-order valence-corrected chi connectivity index (χ1v) is 12.0. The Morgan fingerprint density at radius 1 is 1.25 bits per heavy atom. The maximum atomic E-state index is 13.6. The van der Waals surface area contributed by atoms with Crippen molar-refractivity contribution in [1.29, 1.82) is 0 Å². The second-order valence-corrected chi connectivity index (χ2v) is 10.1. The van der Waals surface area contributed by atoms with Gasteiger partial charge in [-0.2, -0.15) is 0 Å². The molecular formula is C26H36N2O8. The van der Waals surface area contributed by atoms with Gasteiger partial charge in [0, 0.05) is 26.1 Å². The first-order chi connectivity index (χ1) is 16.9. The van der Waals surface area contributed by atoms with Crippen molar-refractivity contribution in [2.24, 2.45) is 17.8 Å². The van der Waals surface area contributed by atoms with Gasteiger partial charge in [0.1, 0.15) is 17.2 Å². The van der Waals surface area contributed by atoms with Crippen LogP contribution in [0.2, 0.25) is 0 Å². The average Bonchev–Trinajstić information content (AvgIpc) is 3.48. The number of fused-ring (bicyclic) bond motifs is 1. The molecule has 0 saturated heterocycles. The van der Waals surface area contributed by atoms with Gasteiger partial charge in [-0.05, 0) is 33.3 Å². The van der Waals surface area contributed by atoms with Crippen LogP contribution in [0.15, 0.2) is 43.2 Å². The van der Waals surface area contributed by atoms with Crippen LogP contribution in [0.4, 0.5) is 4.79 Å².